The summed E-state index contributed by atoms with van der Waals surface area (Å²) in [5.41, 5.74) is 1.88. The first-order valence-electron chi connectivity index (χ1n) is 5.34. The van der Waals surface area contributed by atoms with Crippen LogP contribution in [0.2, 0.25) is 0 Å². The van der Waals surface area contributed by atoms with Crippen LogP contribution in [-0.4, -0.2) is 35.1 Å². The molecule has 1 aromatic heterocycles. The molecule has 0 aliphatic heterocycles. The fourth-order valence-electron chi connectivity index (χ4n) is 2.15. The van der Waals surface area contributed by atoms with Crippen molar-refractivity contribution < 1.29 is 19.4 Å². The Balaban J connectivity index is 3.40. The van der Waals surface area contributed by atoms with Crippen LogP contribution in [0.15, 0.2) is 0 Å². The number of methoxy groups -OCH3 is 1. The Morgan fingerprint density at radius 1 is 1.35 bits per heavy atom. The van der Waals surface area contributed by atoms with Crippen molar-refractivity contribution in [1.82, 2.24) is 4.57 Å². The van der Waals surface area contributed by atoms with Crippen LogP contribution < -0.4 is 0 Å². The van der Waals surface area contributed by atoms with Gasteiger partial charge in [0, 0.05) is 24.9 Å². The van der Waals surface area contributed by atoms with Crippen molar-refractivity contribution in [2.24, 2.45) is 0 Å². The third-order valence-corrected chi connectivity index (χ3v) is 2.84. The predicted octanol–water partition coefficient (Wildman–Crippen LogP) is 1.65. The quantitative estimate of drug-likeness (QED) is 0.793. The zero-order valence-electron chi connectivity index (χ0n) is 10.5. The summed E-state index contributed by atoms with van der Waals surface area (Å²) in [5.74, 6) is -1.13. The number of aromatic carboxylic acids is 1. The van der Waals surface area contributed by atoms with Crippen molar-refractivity contribution in [3.8, 4) is 0 Å². The second kappa shape index (κ2) is 5.14. The lowest BCUT2D eigenvalue weighted by atomic mass is 10.1. The number of nitrogens with zero attached hydrogens (tertiary/aromatic N) is 1. The third kappa shape index (κ3) is 2.39. The van der Waals surface area contributed by atoms with Gasteiger partial charge >= 0.3 is 5.97 Å². The van der Waals surface area contributed by atoms with E-state index in [1.165, 1.54) is 6.92 Å². The van der Waals surface area contributed by atoms with Crippen LogP contribution in [0.5, 0.6) is 0 Å². The Labute approximate surface area is 100 Å². The molecule has 0 radical (unpaired) electrons. The van der Waals surface area contributed by atoms with E-state index in [4.69, 9.17) is 4.74 Å². The van der Waals surface area contributed by atoms with E-state index < -0.39 is 5.97 Å². The molecule has 0 fully saturated rings. The number of carboxylic acids is 1. The van der Waals surface area contributed by atoms with Gasteiger partial charge in [-0.3, -0.25) is 4.79 Å². The first kappa shape index (κ1) is 13.4. The molecule has 0 bridgehead atoms. The number of rotatable bonds is 5. The number of ether oxygens (including phenoxy) is 1. The maximum atomic E-state index is 11.5. The third-order valence-electron chi connectivity index (χ3n) is 2.84. The molecule has 1 N–H and O–H groups in total. The summed E-state index contributed by atoms with van der Waals surface area (Å²) < 4.78 is 6.57. The minimum absolute atomic E-state index is 0.112. The zero-order chi connectivity index (χ0) is 13.2. The fraction of sp³-hybridized carbons (Fsp3) is 0.500. The van der Waals surface area contributed by atoms with E-state index in [-0.39, 0.29) is 11.5 Å². The molecule has 0 saturated heterocycles. The summed E-state index contributed by atoms with van der Waals surface area (Å²) in [7, 11) is 1.55. The number of carboxylic acid groups (broad SMARTS) is 1. The van der Waals surface area contributed by atoms with Gasteiger partial charge in [-0.25, -0.2) is 4.79 Å². The number of hydrogen-bond acceptors (Lipinski definition) is 3. The van der Waals surface area contributed by atoms with Gasteiger partial charge in [0.1, 0.15) is 5.69 Å². The Morgan fingerprint density at radius 2 is 1.94 bits per heavy atom. The second-order valence-corrected chi connectivity index (χ2v) is 3.94. The highest BCUT2D eigenvalue weighted by atomic mass is 16.5. The average molecular weight is 239 g/mol. The molecule has 0 spiro atoms. The lowest BCUT2D eigenvalue weighted by Crippen LogP contribution is -2.13. The monoisotopic (exact) mass is 239 g/mol. The van der Waals surface area contributed by atoms with E-state index in [1.807, 2.05) is 0 Å². The maximum Gasteiger partial charge on any atom is 0.352 e. The predicted molar refractivity (Wildman–Crippen MR) is 62.7 cm³/mol. The summed E-state index contributed by atoms with van der Waals surface area (Å²) in [6.45, 7) is 5.70. The molecular weight excluding hydrogens is 222 g/mol. The second-order valence-electron chi connectivity index (χ2n) is 3.94. The van der Waals surface area contributed by atoms with Gasteiger partial charge in [-0.05, 0) is 26.3 Å². The molecule has 0 unspecified atom stereocenters. The molecule has 17 heavy (non-hydrogen) atoms. The number of carbonyl (C=O) groups excluding carboxylic acids is 1. The van der Waals surface area contributed by atoms with Crippen molar-refractivity contribution in [1.29, 1.82) is 0 Å². The van der Waals surface area contributed by atoms with E-state index in [2.05, 4.69) is 0 Å². The molecule has 94 valence electrons. The van der Waals surface area contributed by atoms with Crippen molar-refractivity contribution in [3.63, 3.8) is 0 Å². The van der Waals surface area contributed by atoms with Crippen LogP contribution >= 0.6 is 0 Å². The summed E-state index contributed by atoms with van der Waals surface area (Å²) in [4.78, 5) is 22.7. The molecule has 5 nitrogen and oxygen atoms in total. The molecule has 1 aromatic rings. The Morgan fingerprint density at radius 3 is 2.35 bits per heavy atom. The number of Topliss-reactive ketones (excluding diaryl/α,β-unsaturated/α-hetero) is 1. The highest BCUT2D eigenvalue weighted by Crippen LogP contribution is 2.22. The van der Waals surface area contributed by atoms with E-state index in [1.54, 1.807) is 25.5 Å². The van der Waals surface area contributed by atoms with Crippen LogP contribution in [-0.2, 0) is 11.3 Å². The van der Waals surface area contributed by atoms with Gasteiger partial charge in [0.05, 0.1) is 6.61 Å². The van der Waals surface area contributed by atoms with Gasteiger partial charge in [0.25, 0.3) is 0 Å². The lowest BCUT2D eigenvalue weighted by Gasteiger charge is -2.08. The largest absolute Gasteiger partial charge is 0.477 e. The van der Waals surface area contributed by atoms with Crippen LogP contribution in [0, 0.1) is 13.8 Å². The summed E-state index contributed by atoms with van der Waals surface area (Å²) in [6.07, 6.45) is 0. The molecule has 0 aromatic carbocycles. The highest BCUT2D eigenvalue weighted by molar-refractivity contribution is 6.01. The van der Waals surface area contributed by atoms with Gasteiger partial charge in [0.2, 0.25) is 0 Å². The van der Waals surface area contributed by atoms with Gasteiger partial charge < -0.3 is 14.4 Å². The van der Waals surface area contributed by atoms with Crippen molar-refractivity contribution in [3.05, 3.63) is 22.5 Å². The van der Waals surface area contributed by atoms with Crippen molar-refractivity contribution in [2.45, 2.75) is 27.3 Å². The van der Waals surface area contributed by atoms with Crippen molar-refractivity contribution >= 4 is 11.8 Å². The van der Waals surface area contributed by atoms with Crippen LogP contribution in [0.3, 0.4) is 0 Å². The van der Waals surface area contributed by atoms with E-state index in [0.29, 0.717) is 30.0 Å². The van der Waals surface area contributed by atoms with Gasteiger partial charge in [-0.2, -0.15) is 0 Å². The molecule has 0 saturated carbocycles. The van der Waals surface area contributed by atoms with Crippen LogP contribution in [0.4, 0.5) is 0 Å². The fourth-order valence-corrected chi connectivity index (χ4v) is 2.15. The first-order valence-corrected chi connectivity index (χ1v) is 5.34. The smallest absolute Gasteiger partial charge is 0.352 e. The standard InChI is InChI=1S/C12H17NO4/c1-7-10(9(3)14)8(2)13(5-6-17-4)11(7)12(15)16/h5-6H2,1-4H3,(H,15,16). The minimum atomic E-state index is -1.02. The molecule has 0 atom stereocenters. The lowest BCUT2D eigenvalue weighted by molar-refractivity contribution is 0.0681. The number of ketones is 1. The van der Waals surface area contributed by atoms with Crippen LogP contribution in [0.25, 0.3) is 0 Å². The number of hydrogen-bond donors (Lipinski definition) is 1. The van der Waals surface area contributed by atoms with Gasteiger partial charge in [-0.1, -0.05) is 0 Å². The molecule has 1 heterocycles. The first-order chi connectivity index (χ1) is 7.91. The normalized spacial score (nSPS) is 10.6. The summed E-state index contributed by atoms with van der Waals surface area (Å²) >= 11 is 0. The Kier molecular flexibility index (Phi) is 4.07. The van der Waals surface area contributed by atoms with Gasteiger partial charge in [-0.15, -0.1) is 0 Å². The summed E-state index contributed by atoms with van der Waals surface area (Å²) in [6, 6.07) is 0. The molecular formula is C12H17NO4. The number of aromatic nitrogens is 1. The molecule has 0 amide bonds. The molecule has 1 rings (SSSR count). The molecule has 5 heteroatoms. The van der Waals surface area contributed by atoms with Crippen LogP contribution in [0.1, 0.15) is 39.0 Å². The minimum Gasteiger partial charge on any atom is -0.477 e. The SMILES string of the molecule is COCCn1c(C)c(C(C)=O)c(C)c1C(=O)O. The average Bonchev–Trinajstić information content (AvgIpc) is 2.46. The molecule has 0 aliphatic rings. The van der Waals surface area contributed by atoms with E-state index in [0.717, 1.165) is 0 Å². The molecule has 0 aliphatic carbocycles. The van der Waals surface area contributed by atoms with Gasteiger partial charge in [0.15, 0.2) is 5.78 Å². The maximum absolute atomic E-state index is 11.5. The van der Waals surface area contributed by atoms with E-state index >= 15 is 0 Å². The number of carbonyl (C=O) groups is 2. The zero-order valence-corrected chi connectivity index (χ0v) is 10.5. The highest BCUT2D eigenvalue weighted by Gasteiger charge is 2.23. The van der Waals surface area contributed by atoms with Crippen molar-refractivity contribution in [2.75, 3.05) is 13.7 Å². The Bertz CT molecular complexity index is 460. The topological polar surface area (TPSA) is 68.5 Å². The Hall–Kier alpha value is -1.62. The van der Waals surface area contributed by atoms with E-state index in [9.17, 15) is 14.7 Å². The summed E-state index contributed by atoms with van der Waals surface area (Å²) in [5, 5.41) is 9.19.